The Morgan fingerprint density at radius 3 is 0.355 bits per heavy atom. The molecule has 0 rings (SSSR count). The van der Waals surface area contributed by atoms with Crippen molar-refractivity contribution >= 4 is 0 Å². The highest BCUT2D eigenvalue weighted by atomic mass is 15.2. The van der Waals surface area contributed by atoms with E-state index in [2.05, 4.69) is 218 Å². The summed E-state index contributed by atoms with van der Waals surface area (Å²) in [5, 5.41) is 0. The molecule has 0 spiro atoms. The Morgan fingerprint density at radius 2 is 0.323 bits per heavy atom. The lowest BCUT2D eigenvalue weighted by Crippen LogP contribution is -2.48. The van der Waals surface area contributed by atoms with Crippen LogP contribution in [0.5, 0.6) is 0 Å². The zero-order valence-corrected chi connectivity index (χ0v) is 54.5. The van der Waals surface area contributed by atoms with Gasteiger partial charge in [-0.1, -0.05) is 249 Å². The third-order valence-corrected chi connectivity index (χ3v) is 15.3. The molecular weight excluding hydrogens is 749 g/mol. The summed E-state index contributed by atoms with van der Waals surface area (Å²) in [6.07, 6.45) is 0. The van der Waals surface area contributed by atoms with Gasteiger partial charge in [-0.25, -0.2) is 0 Å². The smallest absolute Gasteiger partial charge is 0.0175 e. The first-order valence-corrected chi connectivity index (χ1v) is 27.3. The normalized spacial score (nSPS) is 11.2. The van der Waals surface area contributed by atoms with E-state index in [0.29, 0.717) is 56.7 Å². The lowest BCUT2D eigenvalue weighted by atomic mass is 9.57. The first-order valence-electron chi connectivity index (χ1n) is 27.3. The van der Waals surface area contributed by atoms with Crippen molar-refractivity contribution in [2.45, 2.75) is 328 Å². The summed E-state index contributed by atoms with van der Waals surface area (Å²) in [7, 11) is 4.40. The molecular formula is C60H154N2. The van der Waals surface area contributed by atoms with Gasteiger partial charge in [0.2, 0.25) is 0 Å². The molecule has 2 heteroatoms. The maximum atomic E-state index is 2.43. The van der Waals surface area contributed by atoms with Gasteiger partial charge in [0.05, 0.1) is 0 Å². The first kappa shape index (κ1) is 92.2. The van der Waals surface area contributed by atoms with Crippen LogP contribution in [0, 0.1) is 57.2 Å². The van der Waals surface area contributed by atoms with Crippen molar-refractivity contribution in [1.29, 1.82) is 0 Å². The Labute approximate surface area is 413 Å². The van der Waals surface area contributed by atoms with Gasteiger partial charge in [0.25, 0.3) is 0 Å². The van der Waals surface area contributed by atoms with Crippen LogP contribution in [0.15, 0.2) is 0 Å². The molecule has 0 aromatic carbocycles. The molecule has 0 aliphatic carbocycles. The lowest BCUT2D eigenvalue weighted by Gasteiger charge is -2.48. The summed E-state index contributed by atoms with van der Waals surface area (Å²) in [4.78, 5) is 4.86. The molecule has 0 fully saturated rings. The molecule has 0 N–H and O–H groups in total. The summed E-state index contributed by atoms with van der Waals surface area (Å²) in [6, 6.07) is 1.26. The molecule has 0 aromatic rings. The van der Waals surface area contributed by atoms with Crippen molar-refractivity contribution in [3.63, 3.8) is 0 Å². The monoisotopic (exact) mass is 903 g/mol. The van der Waals surface area contributed by atoms with Gasteiger partial charge < -0.3 is 0 Å². The standard InChI is InChI=1S/2C12H26.2C10H23N.8C2H6.4H2/c2*1-9(2)11(5,6)12(7,8)10(3)4;2*1-8(2)10(5,6)11(7)9(3)4;8*1-2;;;;/h2*9-10H,1-8H3;2*8-9H,1-7H3;8*1-2H3;4*1H. The molecule has 0 saturated carbocycles. The molecule has 0 aliphatic rings. The van der Waals surface area contributed by atoms with Crippen LogP contribution in [0.4, 0.5) is 0 Å². The van der Waals surface area contributed by atoms with E-state index in [-0.39, 0.29) is 5.71 Å². The molecule has 0 radical (unpaired) electrons. The highest BCUT2D eigenvalue weighted by molar-refractivity contribution is 4.91. The van der Waals surface area contributed by atoms with Crippen molar-refractivity contribution in [3.05, 3.63) is 0 Å². The fourth-order valence-electron chi connectivity index (χ4n) is 5.12. The highest BCUT2D eigenvalue weighted by Crippen LogP contribution is 2.49. The maximum absolute atomic E-state index is 2.43. The topological polar surface area (TPSA) is 6.48 Å². The molecule has 0 aromatic heterocycles. The number of hydrogen-bond donors (Lipinski definition) is 0. The molecule has 0 unspecified atom stereocenters. The Kier molecular flexibility index (Phi) is 74.9. The molecule has 0 atom stereocenters. The quantitative estimate of drug-likeness (QED) is 0.193. The average molecular weight is 904 g/mol. The first-order chi connectivity index (χ1) is 27.9. The van der Waals surface area contributed by atoms with Gasteiger partial charge in [-0.3, -0.25) is 9.80 Å². The van der Waals surface area contributed by atoms with E-state index in [4.69, 9.17) is 0 Å². The summed E-state index contributed by atoms with van der Waals surface area (Å²) < 4.78 is 0. The average Bonchev–Trinajstić information content (AvgIpc) is 3.23. The number of nitrogens with zero attached hydrogens (tertiary/aromatic N) is 2. The summed E-state index contributed by atoms with van der Waals surface area (Å²) in [5.41, 5.74) is 2.30. The summed E-state index contributed by atoms with van der Waals surface area (Å²) >= 11 is 0. The second kappa shape index (κ2) is 50.3. The lowest BCUT2D eigenvalue weighted by molar-refractivity contribution is 0.0135. The summed E-state index contributed by atoms with van der Waals surface area (Å²) in [6.45, 7) is 97.0. The molecule has 0 amide bonds. The van der Waals surface area contributed by atoms with Gasteiger partial charge in [-0.05, 0) is 127 Å². The van der Waals surface area contributed by atoms with Crippen molar-refractivity contribution < 1.29 is 5.71 Å². The van der Waals surface area contributed by atoms with Crippen molar-refractivity contribution in [2.24, 2.45) is 57.2 Å². The van der Waals surface area contributed by atoms with Gasteiger partial charge in [0, 0.05) is 28.9 Å². The van der Waals surface area contributed by atoms with E-state index >= 15 is 0 Å². The zero-order chi connectivity index (χ0) is 54.8. The van der Waals surface area contributed by atoms with Crippen molar-refractivity contribution in [1.82, 2.24) is 9.80 Å². The van der Waals surface area contributed by atoms with Crippen LogP contribution in [0.1, 0.15) is 310 Å². The second-order valence-corrected chi connectivity index (χ2v) is 20.5. The maximum Gasteiger partial charge on any atom is 0.0175 e. The Balaban J connectivity index is -0.0000000320. The van der Waals surface area contributed by atoms with E-state index in [1.165, 1.54) is 0 Å². The Bertz CT molecular complexity index is 690. The van der Waals surface area contributed by atoms with Crippen LogP contribution in [-0.4, -0.2) is 47.1 Å². The minimum atomic E-state index is 0. The highest BCUT2D eigenvalue weighted by Gasteiger charge is 2.42. The molecule has 62 heavy (non-hydrogen) atoms. The SMILES string of the molecule is CC.CC.CC.CC.CC.CC.CC.CC.CC(C)C(C)(C)C(C)(C)C(C)C.CC(C)C(C)(C)C(C)(C)C(C)C.CC(C)N(C)C(C)(C)C(C)C.CC(C)N(C)C(C)(C)C(C)C.[HH].[HH].[HH].[HH]. The van der Waals surface area contributed by atoms with Gasteiger partial charge in [-0.15, -0.1) is 0 Å². The third-order valence-electron chi connectivity index (χ3n) is 15.3. The zero-order valence-electron chi connectivity index (χ0n) is 54.5. The van der Waals surface area contributed by atoms with Crippen molar-refractivity contribution in [3.8, 4) is 0 Å². The van der Waals surface area contributed by atoms with Gasteiger partial charge in [-0.2, -0.15) is 0 Å². The molecule has 0 aliphatic heterocycles. The number of rotatable bonds is 12. The molecule has 0 bridgehead atoms. The molecule has 0 saturated heterocycles. The van der Waals surface area contributed by atoms with E-state index in [1.807, 2.05) is 111 Å². The van der Waals surface area contributed by atoms with Crippen LogP contribution in [0.2, 0.25) is 0 Å². The third kappa shape index (κ3) is 38.1. The summed E-state index contributed by atoms with van der Waals surface area (Å²) in [5.74, 6) is 4.39. The van der Waals surface area contributed by atoms with E-state index < -0.39 is 0 Å². The largest absolute Gasteiger partial charge is 0.299 e. The Hall–Kier alpha value is -0.0800. The van der Waals surface area contributed by atoms with E-state index in [1.54, 1.807) is 0 Å². The molecule has 0 heterocycles. The van der Waals surface area contributed by atoms with Gasteiger partial charge in [0.15, 0.2) is 0 Å². The van der Waals surface area contributed by atoms with Gasteiger partial charge in [0.1, 0.15) is 0 Å². The van der Waals surface area contributed by atoms with Crippen LogP contribution < -0.4 is 0 Å². The van der Waals surface area contributed by atoms with E-state index in [9.17, 15) is 0 Å². The minimum Gasteiger partial charge on any atom is -0.299 e. The Morgan fingerprint density at radius 1 is 0.226 bits per heavy atom. The van der Waals surface area contributed by atoms with Crippen LogP contribution in [-0.2, 0) is 0 Å². The van der Waals surface area contributed by atoms with Crippen LogP contribution >= 0.6 is 0 Å². The fraction of sp³-hybridized carbons (Fsp3) is 1.00. The van der Waals surface area contributed by atoms with Crippen molar-refractivity contribution in [2.75, 3.05) is 14.1 Å². The second-order valence-electron chi connectivity index (χ2n) is 20.5. The van der Waals surface area contributed by atoms with Crippen LogP contribution in [0.25, 0.3) is 0 Å². The van der Waals surface area contributed by atoms with Crippen LogP contribution in [0.3, 0.4) is 0 Å². The van der Waals surface area contributed by atoms with Gasteiger partial charge >= 0.3 is 0 Å². The molecule has 404 valence electrons. The predicted molar refractivity (Wildman–Crippen MR) is 317 cm³/mol. The predicted octanol–water partition coefficient (Wildman–Crippen LogP) is 23.4. The number of hydrogen-bond acceptors (Lipinski definition) is 2. The minimum absolute atomic E-state index is 0. The molecule has 2 nitrogen and oxygen atoms in total. The fourth-order valence-corrected chi connectivity index (χ4v) is 5.12. The van der Waals surface area contributed by atoms with E-state index in [0.717, 1.165) is 23.7 Å².